The molecule has 1 aromatic carbocycles. The van der Waals surface area contributed by atoms with E-state index in [1.165, 1.54) is 6.07 Å². The van der Waals surface area contributed by atoms with E-state index in [0.29, 0.717) is 6.42 Å². The smallest absolute Gasteiger partial charge is 0.247 e. The molecular formula is C15H18FNO. The molecule has 0 spiro atoms. The molecule has 96 valence electrons. The summed E-state index contributed by atoms with van der Waals surface area (Å²) >= 11 is 0. The first kappa shape index (κ1) is 12.8. The molecule has 1 aliphatic carbocycles. The van der Waals surface area contributed by atoms with Crippen LogP contribution in [0.4, 0.5) is 4.39 Å². The van der Waals surface area contributed by atoms with Gasteiger partial charge in [0, 0.05) is 5.57 Å². The minimum atomic E-state index is -0.162. The second kappa shape index (κ2) is 5.34. The standard InChI is InChI=1S/C15H18FNO/c1-3-5-10(2)15(18)17-14-9-8-11-12(14)6-4-7-13(11)16/h4-7,14H,3,8-9H2,1-2H3,(H,17,18)/b10-5-. The fraction of sp³-hybridized carbons (Fsp3) is 0.400. The highest BCUT2D eigenvalue weighted by atomic mass is 19.1. The maximum atomic E-state index is 13.6. The van der Waals surface area contributed by atoms with Crippen molar-refractivity contribution in [2.75, 3.05) is 0 Å². The maximum absolute atomic E-state index is 13.6. The first-order valence-corrected chi connectivity index (χ1v) is 6.38. The van der Waals surface area contributed by atoms with Crippen molar-refractivity contribution in [1.82, 2.24) is 5.32 Å². The monoisotopic (exact) mass is 247 g/mol. The SMILES string of the molecule is CC/C=C(/C)C(=O)NC1CCc2c(F)cccc21. The molecule has 1 aliphatic rings. The quantitative estimate of drug-likeness (QED) is 0.816. The van der Waals surface area contributed by atoms with Gasteiger partial charge in [-0.25, -0.2) is 4.39 Å². The fourth-order valence-corrected chi connectivity index (χ4v) is 2.43. The van der Waals surface area contributed by atoms with E-state index in [1.54, 1.807) is 13.0 Å². The van der Waals surface area contributed by atoms with E-state index in [-0.39, 0.29) is 17.8 Å². The van der Waals surface area contributed by atoms with E-state index in [1.807, 2.05) is 19.1 Å². The summed E-state index contributed by atoms with van der Waals surface area (Å²) < 4.78 is 13.6. The van der Waals surface area contributed by atoms with Crippen LogP contribution in [0.5, 0.6) is 0 Å². The second-order valence-corrected chi connectivity index (χ2v) is 4.67. The molecule has 0 radical (unpaired) electrons. The molecule has 0 fully saturated rings. The number of amides is 1. The Morgan fingerprint density at radius 2 is 2.33 bits per heavy atom. The molecule has 0 heterocycles. The van der Waals surface area contributed by atoms with Crippen molar-refractivity contribution >= 4 is 5.91 Å². The highest BCUT2D eigenvalue weighted by Gasteiger charge is 2.26. The number of allylic oxidation sites excluding steroid dienone is 1. The molecule has 1 atom stereocenters. The van der Waals surface area contributed by atoms with Crippen LogP contribution in [0, 0.1) is 5.82 Å². The Labute approximate surface area is 107 Å². The minimum absolute atomic E-state index is 0.0524. The molecule has 1 unspecified atom stereocenters. The molecule has 0 saturated carbocycles. The van der Waals surface area contributed by atoms with Crippen LogP contribution in [0.25, 0.3) is 0 Å². The number of fused-ring (bicyclic) bond motifs is 1. The Bertz CT molecular complexity index is 493. The number of rotatable bonds is 3. The number of halogens is 1. The summed E-state index contributed by atoms with van der Waals surface area (Å²) in [5, 5.41) is 2.97. The van der Waals surface area contributed by atoms with Gasteiger partial charge in [-0.3, -0.25) is 4.79 Å². The summed E-state index contributed by atoms with van der Waals surface area (Å²) in [6.07, 6.45) is 4.22. The van der Waals surface area contributed by atoms with Crippen molar-refractivity contribution in [2.24, 2.45) is 0 Å². The average molecular weight is 247 g/mol. The average Bonchev–Trinajstić information content (AvgIpc) is 2.74. The van der Waals surface area contributed by atoms with Gasteiger partial charge in [0.2, 0.25) is 5.91 Å². The van der Waals surface area contributed by atoms with E-state index < -0.39 is 0 Å². The Hall–Kier alpha value is -1.64. The van der Waals surface area contributed by atoms with Gasteiger partial charge in [-0.15, -0.1) is 0 Å². The van der Waals surface area contributed by atoms with Crippen molar-refractivity contribution in [3.63, 3.8) is 0 Å². The summed E-state index contributed by atoms with van der Waals surface area (Å²) in [7, 11) is 0. The third kappa shape index (κ3) is 2.45. The largest absolute Gasteiger partial charge is 0.346 e. The van der Waals surface area contributed by atoms with Crippen molar-refractivity contribution in [3.8, 4) is 0 Å². The van der Waals surface area contributed by atoms with Crippen molar-refractivity contribution < 1.29 is 9.18 Å². The number of benzene rings is 1. The zero-order chi connectivity index (χ0) is 13.1. The number of nitrogens with one attached hydrogen (secondary N) is 1. The summed E-state index contributed by atoms with van der Waals surface area (Å²) in [5.74, 6) is -0.218. The summed E-state index contributed by atoms with van der Waals surface area (Å²) in [4.78, 5) is 11.9. The van der Waals surface area contributed by atoms with Crippen LogP contribution < -0.4 is 5.32 Å². The van der Waals surface area contributed by atoms with Gasteiger partial charge in [0.15, 0.2) is 0 Å². The Kier molecular flexibility index (Phi) is 3.80. The van der Waals surface area contributed by atoms with Crippen LogP contribution in [-0.4, -0.2) is 5.91 Å². The summed E-state index contributed by atoms with van der Waals surface area (Å²) in [6, 6.07) is 5.02. The lowest BCUT2D eigenvalue weighted by atomic mass is 10.1. The van der Waals surface area contributed by atoms with Crippen LogP contribution >= 0.6 is 0 Å². The number of carbonyl (C=O) groups is 1. The minimum Gasteiger partial charge on any atom is -0.346 e. The van der Waals surface area contributed by atoms with Gasteiger partial charge in [-0.05, 0) is 43.4 Å². The van der Waals surface area contributed by atoms with Gasteiger partial charge < -0.3 is 5.32 Å². The fourth-order valence-electron chi connectivity index (χ4n) is 2.43. The number of hydrogen-bond acceptors (Lipinski definition) is 1. The topological polar surface area (TPSA) is 29.1 Å². The van der Waals surface area contributed by atoms with Crippen molar-refractivity contribution in [1.29, 1.82) is 0 Å². The predicted octanol–water partition coefficient (Wildman–Crippen LogP) is 3.29. The molecule has 2 rings (SSSR count). The van der Waals surface area contributed by atoms with E-state index in [2.05, 4.69) is 5.32 Å². The number of hydrogen-bond donors (Lipinski definition) is 1. The third-order valence-corrected chi connectivity index (χ3v) is 3.39. The molecule has 1 aromatic rings. The van der Waals surface area contributed by atoms with E-state index in [0.717, 1.165) is 29.5 Å². The Morgan fingerprint density at radius 1 is 1.56 bits per heavy atom. The van der Waals surface area contributed by atoms with Crippen molar-refractivity contribution in [2.45, 2.75) is 39.2 Å². The third-order valence-electron chi connectivity index (χ3n) is 3.39. The van der Waals surface area contributed by atoms with E-state index in [9.17, 15) is 9.18 Å². The molecule has 0 aliphatic heterocycles. The first-order valence-electron chi connectivity index (χ1n) is 6.38. The van der Waals surface area contributed by atoms with Gasteiger partial charge in [0.1, 0.15) is 5.82 Å². The Balaban J connectivity index is 2.13. The maximum Gasteiger partial charge on any atom is 0.247 e. The lowest BCUT2D eigenvalue weighted by Crippen LogP contribution is -2.27. The normalized spacial score (nSPS) is 18.6. The highest BCUT2D eigenvalue weighted by Crippen LogP contribution is 2.32. The van der Waals surface area contributed by atoms with Crippen molar-refractivity contribution in [3.05, 3.63) is 46.8 Å². The molecule has 1 N–H and O–H groups in total. The lowest BCUT2D eigenvalue weighted by molar-refractivity contribution is -0.118. The van der Waals surface area contributed by atoms with Gasteiger partial charge in [0.05, 0.1) is 6.04 Å². The Morgan fingerprint density at radius 3 is 3.06 bits per heavy atom. The van der Waals surface area contributed by atoms with Crippen LogP contribution in [-0.2, 0) is 11.2 Å². The van der Waals surface area contributed by atoms with Gasteiger partial charge >= 0.3 is 0 Å². The molecular weight excluding hydrogens is 229 g/mol. The molecule has 18 heavy (non-hydrogen) atoms. The van der Waals surface area contributed by atoms with Crippen LogP contribution in [0.2, 0.25) is 0 Å². The molecule has 2 nitrogen and oxygen atoms in total. The summed E-state index contributed by atoms with van der Waals surface area (Å²) in [6.45, 7) is 3.80. The molecule has 0 aromatic heterocycles. The van der Waals surface area contributed by atoms with Gasteiger partial charge in [0.25, 0.3) is 0 Å². The second-order valence-electron chi connectivity index (χ2n) is 4.67. The first-order chi connectivity index (χ1) is 8.63. The zero-order valence-corrected chi connectivity index (χ0v) is 10.8. The van der Waals surface area contributed by atoms with Crippen LogP contribution in [0.1, 0.15) is 43.9 Å². The zero-order valence-electron chi connectivity index (χ0n) is 10.8. The molecule has 0 bridgehead atoms. The lowest BCUT2D eigenvalue weighted by Gasteiger charge is -2.14. The van der Waals surface area contributed by atoms with Gasteiger partial charge in [-0.2, -0.15) is 0 Å². The van der Waals surface area contributed by atoms with E-state index in [4.69, 9.17) is 0 Å². The molecule has 3 heteroatoms. The van der Waals surface area contributed by atoms with Crippen LogP contribution in [0.3, 0.4) is 0 Å². The predicted molar refractivity (Wildman–Crippen MR) is 69.7 cm³/mol. The van der Waals surface area contributed by atoms with Crippen LogP contribution in [0.15, 0.2) is 29.8 Å². The van der Waals surface area contributed by atoms with E-state index >= 15 is 0 Å². The highest BCUT2D eigenvalue weighted by molar-refractivity contribution is 5.93. The molecule has 0 saturated heterocycles. The number of carbonyl (C=O) groups excluding carboxylic acids is 1. The van der Waals surface area contributed by atoms with Gasteiger partial charge in [-0.1, -0.05) is 25.1 Å². The molecule has 1 amide bonds. The summed E-state index contributed by atoms with van der Waals surface area (Å²) in [5.41, 5.74) is 2.40.